The van der Waals surface area contributed by atoms with Gasteiger partial charge in [-0.15, -0.1) is 0 Å². The molecule has 4 heteroatoms. The van der Waals surface area contributed by atoms with Crippen molar-refractivity contribution in [2.45, 2.75) is 25.9 Å². The summed E-state index contributed by atoms with van der Waals surface area (Å²) >= 11 is 0. The summed E-state index contributed by atoms with van der Waals surface area (Å²) in [6.07, 6.45) is 0.837. The molecule has 0 saturated heterocycles. The van der Waals surface area contributed by atoms with Crippen LogP contribution in [0.15, 0.2) is 36.4 Å². The van der Waals surface area contributed by atoms with E-state index in [-0.39, 0.29) is 6.04 Å². The molecule has 2 aromatic rings. The fourth-order valence-corrected chi connectivity index (χ4v) is 3.03. The van der Waals surface area contributed by atoms with E-state index in [2.05, 4.69) is 4.90 Å². The van der Waals surface area contributed by atoms with Gasteiger partial charge < -0.3 is 5.73 Å². The van der Waals surface area contributed by atoms with Gasteiger partial charge in [-0.05, 0) is 36.6 Å². The lowest BCUT2D eigenvalue weighted by Crippen LogP contribution is -2.33. The van der Waals surface area contributed by atoms with Gasteiger partial charge >= 0.3 is 0 Å². The number of fused-ring (bicyclic) bond motifs is 1. The second kappa shape index (κ2) is 5.45. The standard InChI is InChI=1S/C17H18F2N2/c1-11(13-5-3-6-15(18)17(13)19)21-9-8-14-12(10-21)4-2-7-16(14)20/h2-7,11H,8-10,20H2,1H3. The van der Waals surface area contributed by atoms with E-state index in [1.165, 1.54) is 11.1 Å². The Morgan fingerprint density at radius 2 is 1.90 bits per heavy atom. The van der Waals surface area contributed by atoms with Crippen molar-refractivity contribution in [3.05, 3.63) is 64.7 Å². The maximum absolute atomic E-state index is 13.9. The van der Waals surface area contributed by atoms with Crippen LogP contribution in [0.25, 0.3) is 0 Å². The molecular formula is C17H18F2N2. The highest BCUT2D eigenvalue weighted by Gasteiger charge is 2.25. The summed E-state index contributed by atoms with van der Waals surface area (Å²) in [5, 5.41) is 0. The first-order valence-electron chi connectivity index (χ1n) is 7.12. The molecule has 21 heavy (non-hydrogen) atoms. The van der Waals surface area contributed by atoms with Gasteiger partial charge in [-0.25, -0.2) is 8.78 Å². The smallest absolute Gasteiger partial charge is 0.163 e. The number of nitrogen functional groups attached to an aromatic ring is 1. The molecule has 1 aliphatic rings. The molecule has 2 aromatic carbocycles. The number of nitrogens with zero attached hydrogens (tertiary/aromatic N) is 1. The van der Waals surface area contributed by atoms with E-state index in [9.17, 15) is 8.78 Å². The normalized spacial score (nSPS) is 16.5. The third-order valence-electron chi connectivity index (χ3n) is 4.31. The van der Waals surface area contributed by atoms with Crippen molar-refractivity contribution >= 4 is 5.69 Å². The molecule has 0 aliphatic carbocycles. The summed E-state index contributed by atoms with van der Waals surface area (Å²) in [7, 11) is 0. The van der Waals surface area contributed by atoms with Gasteiger partial charge in [0.25, 0.3) is 0 Å². The highest BCUT2D eigenvalue weighted by Crippen LogP contribution is 2.31. The minimum Gasteiger partial charge on any atom is -0.398 e. The summed E-state index contributed by atoms with van der Waals surface area (Å²) in [5.74, 6) is -1.54. The van der Waals surface area contributed by atoms with Crippen molar-refractivity contribution < 1.29 is 8.78 Å². The molecule has 1 heterocycles. The molecule has 1 aliphatic heterocycles. The molecule has 0 aromatic heterocycles. The first kappa shape index (κ1) is 14.0. The average Bonchev–Trinajstić information content (AvgIpc) is 2.49. The Labute approximate surface area is 123 Å². The van der Waals surface area contributed by atoms with Gasteiger partial charge in [0.05, 0.1) is 0 Å². The number of halogens is 2. The van der Waals surface area contributed by atoms with E-state index in [1.54, 1.807) is 12.1 Å². The lowest BCUT2D eigenvalue weighted by molar-refractivity contribution is 0.188. The first-order chi connectivity index (χ1) is 10.1. The van der Waals surface area contributed by atoms with Gasteiger partial charge in [0.1, 0.15) is 0 Å². The molecule has 0 spiro atoms. The van der Waals surface area contributed by atoms with E-state index in [0.29, 0.717) is 12.1 Å². The number of rotatable bonds is 2. The maximum Gasteiger partial charge on any atom is 0.163 e. The van der Waals surface area contributed by atoms with Crippen molar-refractivity contribution in [1.82, 2.24) is 4.90 Å². The first-order valence-corrected chi connectivity index (χ1v) is 7.12. The van der Waals surface area contributed by atoms with Crippen molar-refractivity contribution in [2.75, 3.05) is 12.3 Å². The third-order valence-corrected chi connectivity index (χ3v) is 4.31. The zero-order chi connectivity index (χ0) is 15.0. The summed E-state index contributed by atoms with van der Waals surface area (Å²) in [6, 6.07) is 10.1. The molecule has 3 rings (SSSR count). The van der Waals surface area contributed by atoms with Crippen molar-refractivity contribution in [3.8, 4) is 0 Å². The second-order valence-corrected chi connectivity index (χ2v) is 5.52. The molecule has 1 atom stereocenters. The monoisotopic (exact) mass is 288 g/mol. The quantitative estimate of drug-likeness (QED) is 0.854. The van der Waals surface area contributed by atoms with Crippen LogP contribution in [0.2, 0.25) is 0 Å². The Hall–Kier alpha value is -1.94. The van der Waals surface area contributed by atoms with E-state index < -0.39 is 11.6 Å². The summed E-state index contributed by atoms with van der Waals surface area (Å²) in [5.41, 5.74) is 9.56. The summed E-state index contributed by atoms with van der Waals surface area (Å²) in [6.45, 7) is 3.41. The number of benzene rings is 2. The third kappa shape index (κ3) is 2.51. The Balaban J connectivity index is 1.87. The predicted molar refractivity (Wildman–Crippen MR) is 79.7 cm³/mol. The lowest BCUT2D eigenvalue weighted by atomic mass is 9.95. The number of nitrogens with two attached hydrogens (primary N) is 1. The molecule has 0 bridgehead atoms. The second-order valence-electron chi connectivity index (χ2n) is 5.52. The summed E-state index contributed by atoms with van der Waals surface area (Å²) < 4.78 is 27.3. The fourth-order valence-electron chi connectivity index (χ4n) is 3.03. The largest absolute Gasteiger partial charge is 0.398 e. The summed E-state index contributed by atoms with van der Waals surface area (Å²) in [4.78, 5) is 2.15. The fraction of sp³-hybridized carbons (Fsp3) is 0.294. The van der Waals surface area contributed by atoms with Crippen LogP contribution in [-0.4, -0.2) is 11.4 Å². The Kier molecular flexibility index (Phi) is 3.64. The minimum atomic E-state index is -0.791. The Morgan fingerprint density at radius 1 is 1.14 bits per heavy atom. The predicted octanol–water partition coefficient (Wildman–Crippen LogP) is 3.67. The van der Waals surface area contributed by atoms with Crippen molar-refractivity contribution in [2.24, 2.45) is 0 Å². The molecule has 2 N–H and O–H groups in total. The van der Waals surface area contributed by atoms with Crippen LogP contribution in [0, 0.1) is 11.6 Å². The van der Waals surface area contributed by atoms with Gasteiger partial charge in [-0.2, -0.15) is 0 Å². The zero-order valence-corrected chi connectivity index (χ0v) is 11.9. The Bertz CT molecular complexity index is 670. The highest BCUT2D eigenvalue weighted by molar-refractivity contribution is 5.52. The van der Waals surface area contributed by atoms with Gasteiger partial charge in [0, 0.05) is 30.4 Å². The van der Waals surface area contributed by atoms with Crippen LogP contribution in [0.5, 0.6) is 0 Å². The molecule has 0 saturated carbocycles. The number of hydrogen-bond donors (Lipinski definition) is 1. The molecule has 2 nitrogen and oxygen atoms in total. The van der Waals surface area contributed by atoms with Gasteiger partial charge in [0.15, 0.2) is 11.6 Å². The van der Waals surface area contributed by atoms with E-state index in [1.807, 2.05) is 25.1 Å². The van der Waals surface area contributed by atoms with Crippen LogP contribution in [-0.2, 0) is 13.0 Å². The molecule has 1 unspecified atom stereocenters. The molecule has 110 valence electrons. The zero-order valence-electron chi connectivity index (χ0n) is 11.9. The SMILES string of the molecule is CC(c1cccc(F)c1F)N1CCc2c(N)cccc2C1. The highest BCUT2D eigenvalue weighted by atomic mass is 19.2. The van der Waals surface area contributed by atoms with Crippen LogP contribution in [0.1, 0.15) is 29.7 Å². The van der Waals surface area contributed by atoms with Crippen molar-refractivity contribution in [1.29, 1.82) is 0 Å². The van der Waals surface area contributed by atoms with Gasteiger partial charge in [-0.1, -0.05) is 24.3 Å². The van der Waals surface area contributed by atoms with E-state index >= 15 is 0 Å². The minimum absolute atomic E-state index is 0.171. The maximum atomic E-state index is 13.9. The average molecular weight is 288 g/mol. The Morgan fingerprint density at radius 3 is 2.71 bits per heavy atom. The molecule has 0 fully saturated rings. The van der Waals surface area contributed by atoms with Crippen LogP contribution < -0.4 is 5.73 Å². The number of hydrogen-bond acceptors (Lipinski definition) is 2. The molecular weight excluding hydrogens is 270 g/mol. The van der Waals surface area contributed by atoms with Crippen LogP contribution >= 0.6 is 0 Å². The van der Waals surface area contributed by atoms with Gasteiger partial charge in [-0.3, -0.25) is 4.90 Å². The van der Waals surface area contributed by atoms with Crippen molar-refractivity contribution in [3.63, 3.8) is 0 Å². The molecule has 0 radical (unpaired) electrons. The van der Waals surface area contributed by atoms with Crippen LogP contribution in [0.4, 0.5) is 14.5 Å². The molecule has 0 amide bonds. The topological polar surface area (TPSA) is 29.3 Å². The lowest BCUT2D eigenvalue weighted by Gasteiger charge is -2.34. The number of anilines is 1. The van der Waals surface area contributed by atoms with Gasteiger partial charge in [0.2, 0.25) is 0 Å². The van der Waals surface area contributed by atoms with E-state index in [0.717, 1.165) is 24.7 Å². The van der Waals surface area contributed by atoms with E-state index in [4.69, 9.17) is 5.73 Å². The van der Waals surface area contributed by atoms with Crippen LogP contribution in [0.3, 0.4) is 0 Å².